The highest BCUT2D eigenvalue weighted by Crippen LogP contribution is 2.68. The van der Waals surface area contributed by atoms with Gasteiger partial charge in [-0.1, -0.05) is 45.0 Å². The Hall–Kier alpha value is -3.12. The largest absolute Gasteiger partial charge is 0.497 e. The van der Waals surface area contributed by atoms with E-state index in [0.29, 0.717) is 48.6 Å². The number of anilines is 1. The number of benzene rings is 2. The predicted octanol–water partition coefficient (Wildman–Crippen LogP) is 7.85. The third-order valence-corrected chi connectivity index (χ3v) is 16.4. The molecule has 2 aromatic rings. The number of para-hydroxylation sites is 1. The second-order valence-electron chi connectivity index (χ2n) is 18.4. The molecule has 3 N–H and O–H groups in total. The van der Waals surface area contributed by atoms with Crippen LogP contribution in [0.1, 0.15) is 103 Å². The molecule has 5 aliphatic rings. The lowest BCUT2D eigenvalue weighted by atomic mass is 9.43. The van der Waals surface area contributed by atoms with Crippen molar-refractivity contribution in [1.82, 2.24) is 4.90 Å². The van der Waals surface area contributed by atoms with Crippen LogP contribution in [0.5, 0.6) is 5.75 Å². The topological polar surface area (TPSA) is 137 Å². The SMILES string of the molecule is COc1ccc([C@@H]2Sc3ccccc3N(CCN(C)C)C(=O)[C@@H]2OC(C)=O)cc1.C[C@H](CCC(=O)O)[C@H]1CCC2C3CC[C@@H]4C[C@H](O)CC[C@]4(C)C3C[C@H](O)[C@@]21C. The number of fused-ring (bicyclic) bond motifs is 6. The number of aliphatic carboxylic acids is 1. The fourth-order valence-corrected chi connectivity index (χ4v) is 13.3. The number of carboxylic acids is 1. The Labute approximate surface area is 344 Å². The number of methoxy groups -OCH3 is 1. The second kappa shape index (κ2) is 18.0. The summed E-state index contributed by atoms with van der Waals surface area (Å²) >= 11 is 1.54. The zero-order valence-electron chi connectivity index (χ0n) is 35.1. The van der Waals surface area contributed by atoms with E-state index in [-0.39, 0.29) is 40.6 Å². The average Bonchev–Trinajstić information content (AvgIpc) is 3.50. The molecule has 57 heavy (non-hydrogen) atoms. The molecule has 0 saturated heterocycles. The van der Waals surface area contributed by atoms with Gasteiger partial charge >= 0.3 is 11.9 Å². The van der Waals surface area contributed by atoms with Gasteiger partial charge in [-0.25, -0.2) is 0 Å². The maximum absolute atomic E-state index is 13.6. The Bertz CT molecular complexity index is 1720. The molecule has 4 fully saturated rings. The fourth-order valence-electron chi connectivity index (χ4n) is 12.0. The van der Waals surface area contributed by atoms with Gasteiger partial charge in [0.2, 0.25) is 0 Å². The number of hydrogen-bond acceptors (Lipinski definition) is 9. The molecule has 4 aliphatic carbocycles. The van der Waals surface area contributed by atoms with Crippen LogP contribution in [-0.4, -0.2) is 90.7 Å². The molecule has 11 heteroatoms. The molecule has 0 spiro atoms. The lowest BCUT2D eigenvalue weighted by Gasteiger charge is -2.62. The van der Waals surface area contributed by atoms with Crippen LogP contribution in [0, 0.1) is 46.3 Å². The molecule has 1 amide bonds. The van der Waals surface area contributed by atoms with Crippen molar-refractivity contribution in [2.45, 2.75) is 120 Å². The van der Waals surface area contributed by atoms with Gasteiger partial charge in [0.25, 0.3) is 5.91 Å². The first-order chi connectivity index (χ1) is 27.1. The van der Waals surface area contributed by atoms with Crippen molar-refractivity contribution in [1.29, 1.82) is 0 Å². The van der Waals surface area contributed by atoms with Gasteiger partial charge in [-0.15, -0.1) is 11.8 Å². The van der Waals surface area contributed by atoms with Crippen molar-refractivity contribution in [3.8, 4) is 5.75 Å². The smallest absolute Gasteiger partial charge is 0.303 e. The number of amides is 1. The molecular weight excluding hydrogens is 741 g/mol. The number of carbonyl (C=O) groups is 3. The number of ether oxygens (including phenoxy) is 2. The van der Waals surface area contributed by atoms with Gasteiger partial charge < -0.3 is 34.6 Å². The number of carbonyl (C=O) groups excluding carboxylic acids is 2. The van der Waals surface area contributed by atoms with E-state index < -0.39 is 18.0 Å². The van der Waals surface area contributed by atoms with E-state index in [2.05, 4.69) is 20.8 Å². The van der Waals surface area contributed by atoms with Gasteiger partial charge in [0.05, 0.1) is 30.3 Å². The van der Waals surface area contributed by atoms with Crippen LogP contribution in [-0.2, 0) is 19.1 Å². The minimum Gasteiger partial charge on any atom is -0.497 e. The van der Waals surface area contributed by atoms with E-state index in [1.165, 1.54) is 26.2 Å². The molecule has 3 unspecified atom stereocenters. The number of hydrogen-bond donors (Lipinski definition) is 3. The fraction of sp³-hybridized carbons (Fsp3) is 0.674. The molecule has 0 radical (unpaired) electrons. The number of esters is 1. The van der Waals surface area contributed by atoms with Crippen LogP contribution in [0.15, 0.2) is 53.4 Å². The minimum atomic E-state index is -0.916. The van der Waals surface area contributed by atoms with Crippen molar-refractivity contribution < 1.29 is 39.2 Å². The average molecular weight is 807 g/mol. The molecule has 12 atom stereocenters. The van der Waals surface area contributed by atoms with E-state index in [1.807, 2.05) is 67.5 Å². The Morgan fingerprint density at radius 3 is 2.37 bits per heavy atom. The number of aliphatic hydroxyl groups is 2. The Balaban J connectivity index is 0.000000193. The molecular formula is C46H66N2O8S. The van der Waals surface area contributed by atoms with Gasteiger partial charge in [0, 0.05) is 31.3 Å². The number of rotatable bonds is 10. The van der Waals surface area contributed by atoms with Crippen LogP contribution in [0.25, 0.3) is 0 Å². The quantitative estimate of drug-likeness (QED) is 0.204. The van der Waals surface area contributed by atoms with Crippen LogP contribution in [0.2, 0.25) is 0 Å². The standard InChI is InChI=1S/C24H40O4.C22H26N2O4S/c1-14(4-9-22(27)28)18-7-8-19-17-6-5-15-12-16(25)10-11-23(15,2)20(17)13-21(26)24(18,19)3;1-15(25)28-20-21(16-9-11-17(27-4)12-10-16)29-19-8-6-5-7-18(19)24(22(20)26)14-13-23(2)3/h14-21,25-26H,4-13H2,1-3H3,(H,27,28);5-12,20-21H,13-14H2,1-4H3/t14-,15-,16-,17?,18-,19?,20?,21+,23+,24-;20-,21+/m11/s1. The molecule has 7 rings (SSSR count). The molecule has 4 saturated carbocycles. The van der Waals surface area contributed by atoms with E-state index >= 15 is 0 Å². The number of carboxylic acid groups (broad SMARTS) is 1. The van der Waals surface area contributed by atoms with Crippen molar-refractivity contribution in [2.24, 2.45) is 46.3 Å². The highest BCUT2D eigenvalue weighted by molar-refractivity contribution is 7.99. The molecule has 1 aliphatic heterocycles. The van der Waals surface area contributed by atoms with Crippen molar-refractivity contribution in [2.75, 3.05) is 39.2 Å². The first-order valence-electron chi connectivity index (χ1n) is 21.2. The maximum atomic E-state index is 13.6. The Kier molecular flexibility index (Phi) is 13.7. The zero-order valence-corrected chi connectivity index (χ0v) is 35.9. The number of likely N-dealkylation sites (N-methyl/N-ethyl adjacent to an activating group) is 1. The zero-order chi connectivity index (χ0) is 41.2. The highest BCUT2D eigenvalue weighted by Gasteiger charge is 2.63. The third kappa shape index (κ3) is 8.92. The first kappa shape index (κ1) is 43.5. The molecule has 2 aromatic carbocycles. The third-order valence-electron chi connectivity index (χ3n) is 15.0. The van der Waals surface area contributed by atoms with Gasteiger partial charge in [-0.3, -0.25) is 14.4 Å². The summed E-state index contributed by atoms with van der Waals surface area (Å²) in [6.45, 7) is 9.54. The summed E-state index contributed by atoms with van der Waals surface area (Å²) < 4.78 is 10.8. The number of thioether (sulfide) groups is 1. The lowest BCUT2D eigenvalue weighted by Crippen LogP contribution is -2.58. The van der Waals surface area contributed by atoms with Crippen molar-refractivity contribution >= 4 is 35.3 Å². The Morgan fingerprint density at radius 2 is 1.70 bits per heavy atom. The van der Waals surface area contributed by atoms with Gasteiger partial charge in [0.1, 0.15) is 5.75 Å². The maximum Gasteiger partial charge on any atom is 0.303 e. The predicted molar refractivity (Wildman–Crippen MR) is 223 cm³/mol. The summed E-state index contributed by atoms with van der Waals surface area (Å²) in [6.07, 6.45) is 8.34. The van der Waals surface area contributed by atoms with Gasteiger partial charge in [0.15, 0.2) is 6.10 Å². The van der Waals surface area contributed by atoms with Crippen molar-refractivity contribution in [3.05, 3.63) is 54.1 Å². The van der Waals surface area contributed by atoms with Crippen LogP contribution < -0.4 is 9.64 Å². The summed E-state index contributed by atoms with van der Waals surface area (Å²) in [7, 11) is 5.54. The monoisotopic (exact) mass is 806 g/mol. The number of aliphatic hydroxyl groups excluding tert-OH is 2. The summed E-state index contributed by atoms with van der Waals surface area (Å²) in [6, 6.07) is 15.4. The van der Waals surface area contributed by atoms with Crippen LogP contribution in [0.4, 0.5) is 5.69 Å². The normalized spacial score (nSPS) is 35.0. The first-order valence-corrected chi connectivity index (χ1v) is 22.1. The summed E-state index contributed by atoms with van der Waals surface area (Å²) in [5.41, 5.74) is 1.96. The van der Waals surface area contributed by atoms with E-state index in [9.17, 15) is 24.6 Å². The van der Waals surface area contributed by atoms with E-state index in [4.69, 9.17) is 14.6 Å². The highest BCUT2D eigenvalue weighted by atomic mass is 32.2. The van der Waals surface area contributed by atoms with Crippen LogP contribution in [0.3, 0.4) is 0 Å². The van der Waals surface area contributed by atoms with Gasteiger partial charge in [-0.05, 0) is 148 Å². The Morgan fingerprint density at radius 1 is 0.982 bits per heavy atom. The molecule has 314 valence electrons. The molecule has 1 heterocycles. The molecule has 0 bridgehead atoms. The van der Waals surface area contributed by atoms with E-state index in [0.717, 1.165) is 60.4 Å². The molecule has 0 aromatic heterocycles. The van der Waals surface area contributed by atoms with Gasteiger partial charge in [-0.2, -0.15) is 0 Å². The summed E-state index contributed by atoms with van der Waals surface area (Å²) in [5.74, 6) is 2.60. The molecule has 10 nitrogen and oxygen atoms in total. The lowest BCUT2D eigenvalue weighted by molar-refractivity contribution is -0.175. The summed E-state index contributed by atoms with van der Waals surface area (Å²) in [4.78, 5) is 41.2. The second-order valence-corrected chi connectivity index (χ2v) is 19.6. The number of nitrogens with zero attached hydrogens (tertiary/aromatic N) is 2. The van der Waals surface area contributed by atoms with Crippen molar-refractivity contribution in [3.63, 3.8) is 0 Å². The summed E-state index contributed by atoms with van der Waals surface area (Å²) in [5, 5.41) is 30.4. The minimum absolute atomic E-state index is 0.0591. The van der Waals surface area contributed by atoms with Crippen LogP contribution >= 0.6 is 11.8 Å². The van der Waals surface area contributed by atoms with E-state index in [1.54, 1.807) is 23.8 Å².